The van der Waals surface area contributed by atoms with E-state index < -0.39 is 0 Å². The summed E-state index contributed by atoms with van der Waals surface area (Å²) in [6, 6.07) is 32.7. The molecule has 4 aromatic carbocycles. The van der Waals surface area contributed by atoms with Crippen LogP contribution < -0.4 is 4.74 Å². The topological polar surface area (TPSA) is 44.9 Å². The van der Waals surface area contributed by atoms with Gasteiger partial charge >= 0.3 is 21.1 Å². The van der Waals surface area contributed by atoms with Crippen molar-refractivity contribution in [2.75, 3.05) is 0 Å². The predicted octanol–water partition coefficient (Wildman–Crippen LogP) is 10.5. The van der Waals surface area contributed by atoms with E-state index >= 15 is 0 Å². The zero-order valence-corrected chi connectivity index (χ0v) is 30.6. The molecule has 0 aliphatic carbocycles. The van der Waals surface area contributed by atoms with Crippen LogP contribution in [0.4, 0.5) is 0 Å². The number of aromatic nitrogens is 4. The Hall–Kier alpha value is -4.47. The van der Waals surface area contributed by atoms with Crippen LogP contribution in [-0.4, -0.2) is 19.3 Å². The van der Waals surface area contributed by atoms with Gasteiger partial charge in [0.2, 0.25) is 0 Å². The van der Waals surface area contributed by atoms with Crippen LogP contribution in [0, 0.1) is 38.8 Å². The molecule has 244 valence electrons. The summed E-state index contributed by atoms with van der Waals surface area (Å²) < 4.78 is 10.7. The Labute approximate surface area is 297 Å². The zero-order valence-electron chi connectivity index (χ0n) is 28.4. The summed E-state index contributed by atoms with van der Waals surface area (Å²) in [4.78, 5) is 4.81. The molecule has 6 heteroatoms. The first-order valence-electron chi connectivity index (χ1n) is 16.6. The number of ether oxygens (including phenoxy) is 1. The molecule has 0 unspecified atom stereocenters. The molecule has 0 fully saturated rings. The monoisotopic (exact) mass is 811 g/mol. The minimum absolute atomic E-state index is 0. The molecular formula is C42H40N4OPt. The van der Waals surface area contributed by atoms with Gasteiger partial charge in [-0.05, 0) is 84.6 Å². The van der Waals surface area contributed by atoms with Crippen molar-refractivity contribution in [3.8, 4) is 34.1 Å². The molecule has 0 spiro atoms. The molecule has 0 saturated carbocycles. The molecule has 0 bridgehead atoms. The van der Waals surface area contributed by atoms with Crippen molar-refractivity contribution in [1.82, 2.24) is 19.3 Å². The van der Waals surface area contributed by atoms with Crippen molar-refractivity contribution >= 4 is 21.8 Å². The number of benzene rings is 4. The van der Waals surface area contributed by atoms with Gasteiger partial charge in [0, 0.05) is 35.0 Å². The molecule has 5 nitrogen and oxygen atoms in total. The van der Waals surface area contributed by atoms with Gasteiger partial charge in [-0.3, -0.25) is 4.68 Å². The number of pyridine rings is 1. The van der Waals surface area contributed by atoms with E-state index in [1.165, 1.54) is 33.4 Å². The molecule has 48 heavy (non-hydrogen) atoms. The first kappa shape index (κ1) is 33.4. The molecule has 0 saturated heterocycles. The van der Waals surface area contributed by atoms with Crippen LogP contribution in [0.2, 0.25) is 0 Å². The van der Waals surface area contributed by atoms with Gasteiger partial charge in [0.05, 0.1) is 6.20 Å². The molecule has 0 amide bonds. The number of rotatable bonds is 9. The molecule has 3 heterocycles. The normalized spacial score (nSPS) is 11.4. The van der Waals surface area contributed by atoms with Crippen molar-refractivity contribution in [1.29, 1.82) is 0 Å². The van der Waals surface area contributed by atoms with Crippen molar-refractivity contribution in [3.63, 3.8) is 0 Å². The van der Waals surface area contributed by atoms with Gasteiger partial charge in [-0.15, -0.1) is 35.7 Å². The number of hydrogen-bond acceptors (Lipinski definition) is 3. The van der Waals surface area contributed by atoms with E-state index in [1.54, 1.807) is 0 Å². The fourth-order valence-corrected chi connectivity index (χ4v) is 6.89. The maximum absolute atomic E-state index is 6.56. The van der Waals surface area contributed by atoms with Crippen LogP contribution >= 0.6 is 0 Å². The van der Waals surface area contributed by atoms with E-state index in [0.717, 1.165) is 58.1 Å². The number of nitrogens with zero attached hydrogens (tertiary/aromatic N) is 4. The smallest absolute Gasteiger partial charge is 0.509 e. The Morgan fingerprint density at radius 2 is 1.62 bits per heavy atom. The van der Waals surface area contributed by atoms with Crippen molar-refractivity contribution in [3.05, 3.63) is 131 Å². The van der Waals surface area contributed by atoms with Gasteiger partial charge in [0.1, 0.15) is 5.82 Å². The molecule has 0 aliphatic rings. The predicted molar refractivity (Wildman–Crippen MR) is 192 cm³/mol. The third kappa shape index (κ3) is 6.62. The van der Waals surface area contributed by atoms with Crippen molar-refractivity contribution < 1.29 is 25.8 Å². The molecule has 3 aromatic heterocycles. The Morgan fingerprint density at radius 1 is 0.833 bits per heavy atom. The fraction of sp³-hybridized carbons (Fsp3) is 0.238. The first-order valence-corrected chi connectivity index (χ1v) is 16.6. The quantitative estimate of drug-likeness (QED) is 0.136. The summed E-state index contributed by atoms with van der Waals surface area (Å²) in [6.07, 6.45) is 8.89. The number of fused-ring (bicyclic) bond motifs is 3. The second kappa shape index (κ2) is 13.9. The molecule has 0 atom stereocenters. The van der Waals surface area contributed by atoms with Gasteiger partial charge in [-0.25, -0.2) is 4.98 Å². The SMILES string of the molecule is CCCc1cc(Oc2[c-]c3c(cc2)c2ccccc2n3-c2cc(CC(C)C)ccn2)[c-]c(-n2cc(-c3c(C)cc(C)cc3C)cn2)c1.[Pt+2]. The summed E-state index contributed by atoms with van der Waals surface area (Å²) in [5, 5.41) is 7.04. The molecule has 0 N–H and O–H groups in total. The maximum Gasteiger partial charge on any atom is 2.00 e. The van der Waals surface area contributed by atoms with Crippen LogP contribution in [0.5, 0.6) is 11.5 Å². The Bertz CT molecular complexity index is 2220. The van der Waals surface area contributed by atoms with Gasteiger partial charge in [-0.2, -0.15) is 16.7 Å². The Balaban J connectivity index is 0.00000401. The van der Waals surface area contributed by atoms with Crippen LogP contribution in [0.15, 0.2) is 91.4 Å². The van der Waals surface area contributed by atoms with Crippen LogP contribution in [0.1, 0.15) is 55.0 Å². The molecule has 7 rings (SSSR count). The standard InChI is InChI=1S/C42H40N4O.Pt/c1-7-10-31-20-34(45-26-33(25-44-45)42-29(5)18-28(4)19-30(42)6)23-36(21-31)47-35-13-14-38-37-11-8-9-12-39(37)46(40(38)24-35)41-22-32(15-16-43-41)17-27(2)3;/h8-9,11-16,18-22,25-27H,7,10,17H2,1-6H3;/q-2;+2. The van der Waals surface area contributed by atoms with E-state index in [9.17, 15) is 0 Å². The van der Waals surface area contributed by atoms with Gasteiger partial charge < -0.3 is 9.30 Å². The number of hydrogen-bond donors (Lipinski definition) is 0. The van der Waals surface area contributed by atoms with Crippen LogP contribution in [-0.2, 0) is 33.9 Å². The maximum atomic E-state index is 6.56. The van der Waals surface area contributed by atoms with E-state index in [4.69, 9.17) is 14.8 Å². The van der Waals surface area contributed by atoms with Crippen LogP contribution in [0.25, 0.3) is 44.4 Å². The number of aryl methyl sites for hydroxylation is 4. The zero-order chi connectivity index (χ0) is 32.7. The molecule has 0 radical (unpaired) electrons. The van der Waals surface area contributed by atoms with E-state index in [1.807, 2.05) is 23.1 Å². The third-order valence-electron chi connectivity index (χ3n) is 8.68. The summed E-state index contributed by atoms with van der Waals surface area (Å²) in [7, 11) is 0. The average Bonchev–Trinajstić information content (AvgIpc) is 3.63. The van der Waals surface area contributed by atoms with Crippen molar-refractivity contribution in [2.24, 2.45) is 5.92 Å². The second-order valence-electron chi connectivity index (χ2n) is 13.1. The van der Waals surface area contributed by atoms with Crippen molar-refractivity contribution in [2.45, 2.75) is 60.8 Å². The summed E-state index contributed by atoms with van der Waals surface area (Å²) in [5.74, 6) is 2.71. The molecular weight excluding hydrogens is 772 g/mol. The largest absolute Gasteiger partial charge is 2.00 e. The fourth-order valence-electron chi connectivity index (χ4n) is 6.89. The second-order valence-corrected chi connectivity index (χ2v) is 13.1. The third-order valence-corrected chi connectivity index (χ3v) is 8.68. The minimum atomic E-state index is 0. The summed E-state index contributed by atoms with van der Waals surface area (Å²) in [5.41, 5.74) is 11.4. The first-order chi connectivity index (χ1) is 22.8. The van der Waals surface area contributed by atoms with Gasteiger partial charge in [0.15, 0.2) is 0 Å². The average molecular weight is 812 g/mol. The van der Waals surface area contributed by atoms with E-state index in [0.29, 0.717) is 17.4 Å². The van der Waals surface area contributed by atoms with Gasteiger partial charge in [0.25, 0.3) is 0 Å². The molecule has 0 aliphatic heterocycles. The van der Waals surface area contributed by atoms with Crippen LogP contribution in [0.3, 0.4) is 0 Å². The number of para-hydroxylation sites is 1. The summed E-state index contributed by atoms with van der Waals surface area (Å²) in [6.45, 7) is 13.1. The Morgan fingerprint density at radius 3 is 2.40 bits per heavy atom. The minimum Gasteiger partial charge on any atom is -0.509 e. The summed E-state index contributed by atoms with van der Waals surface area (Å²) >= 11 is 0. The van der Waals surface area contributed by atoms with E-state index in [2.05, 4.69) is 131 Å². The van der Waals surface area contributed by atoms with Gasteiger partial charge in [-0.1, -0.05) is 75.0 Å². The Kier molecular flexibility index (Phi) is 9.71. The molecule has 7 aromatic rings. The van der Waals surface area contributed by atoms with E-state index in [-0.39, 0.29) is 21.1 Å².